The van der Waals surface area contributed by atoms with E-state index < -0.39 is 18.8 Å². The number of hydrogen-bond acceptors (Lipinski definition) is 7. The molecule has 3 heterocycles. The van der Waals surface area contributed by atoms with E-state index in [1.165, 1.54) is 0 Å². The Balaban J connectivity index is 1.66. The molecule has 1 aliphatic heterocycles. The van der Waals surface area contributed by atoms with E-state index in [2.05, 4.69) is 5.32 Å². The van der Waals surface area contributed by atoms with Gasteiger partial charge in [-0.3, -0.25) is 9.47 Å². The molecule has 1 aliphatic rings. The maximum absolute atomic E-state index is 13.2. The molecule has 0 saturated heterocycles. The topological polar surface area (TPSA) is 113 Å². The summed E-state index contributed by atoms with van der Waals surface area (Å²) >= 11 is 0. The second-order valence-electron chi connectivity index (χ2n) is 10.5. The number of aryl methyl sites for hydroxylation is 1. The number of fused-ring (bicyclic) bond motifs is 2. The summed E-state index contributed by atoms with van der Waals surface area (Å²) in [6, 6.07) is 17.3. The van der Waals surface area contributed by atoms with Crippen LogP contribution < -0.4 is 15.7 Å². The van der Waals surface area contributed by atoms with Crippen LogP contribution in [0.5, 0.6) is 0 Å². The fourth-order valence-electron chi connectivity index (χ4n) is 4.83. The molecule has 0 saturated carbocycles. The van der Waals surface area contributed by atoms with Crippen molar-refractivity contribution >= 4 is 41.2 Å². The van der Waals surface area contributed by atoms with Gasteiger partial charge in [-0.05, 0) is 63.7 Å². The quantitative estimate of drug-likeness (QED) is 0.349. The Morgan fingerprint density at radius 2 is 1.87 bits per heavy atom. The number of anilines is 2. The van der Waals surface area contributed by atoms with Crippen molar-refractivity contribution in [2.45, 2.75) is 52.7 Å². The number of carbonyl (C=O) groups is 1. The van der Waals surface area contributed by atoms with E-state index in [-0.39, 0.29) is 0 Å². The molecule has 196 valence electrons. The average molecular weight is 513 g/mol. The molecule has 0 atom stereocenters. The van der Waals surface area contributed by atoms with Gasteiger partial charge in [0.05, 0.1) is 5.52 Å². The summed E-state index contributed by atoms with van der Waals surface area (Å²) in [6.07, 6.45) is 1.04. The van der Waals surface area contributed by atoms with Crippen molar-refractivity contribution in [3.63, 3.8) is 0 Å². The van der Waals surface area contributed by atoms with Crippen LogP contribution in [0.2, 0.25) is 0 Å². The molecule has 38 heavy (non-hydrogen) atoms. The molecule has 0 unspecified atom stereocenters. The van der Waals surface area contributed by atoms with Crippen LogP contribution in [0.3, 0.4) is 0 Å². The molecule has 2 aromatic heterocycles. The number of rotatable bonds is 5. The lowest BCUT2D eigenvalue weighted by Crippen LogP contribution is -2.41. The minimum Gasteiger partial charge on any atom is -0.443 e. The standard InChI is InChI=1S/C28H32BN5O4/c1-18-16-21-22(29(36)37)13-8-14-23(21)34(18)26-31-24(30-17-19-10-6-5-7-11-19)20-12-9-15-33(25(20)32-26)27(35)38-28(2,3)4/h5-8,10-11,13-14,16,36-37H,9,12,15,17H2,1-4H3,(H,30,31,32). The first-order valence-corrected chi connectivity index (χ1v) is 12.8. The number of nitrogens with one attached hydrogen (secondary N) is 1. The smallest absolute Gasteiger partial charge is 0.443 e. The Hall–Kier alpha value is -3.89. The van der Waals surface area contributed by atoms with Crippen LogP contribution in [0.4, 0.5) is 16.4 Å². The Bertz CT molecular complexity index is 1480. The van der Waals surface area contributed by atoms with Gasteiger partial charge in [0.25, 0.3) is 0 Å². The zero-order valence-corrected chi connectivity index (χ0v) is 22.1. The summed E-state index contributed by atoms with van der Waals surface area (Å²) in [5.74, 6) is 1.55. The molecule has 3 N–H and O–H groups in total. The number of nitrogens with zero attached hydrogens (tertiary/aromatic N) is 4. The van der Waals surface area contributed by atoms with Crippen LogP contribution in [0, 0.1) is 6.92 Å². The molecule has 5 rings (SSSR count). The Morgan fingerprint density at radius 3 is 2.58 bits per heavy atom. The van der Waals surface area contributed by atoms with Crippen LogP contribution in [-0.4, -0.2) is 49.9 Å². The van der Waals surface area contributed by atoms with Crippen molar-refractivity contribution < 1.29 is 19.6 Å². The summed E-state index contributed by atoms with van der Waals surface area (Å²) in [6.45, 7) is 8.49. The second kappa shape index (κ2) is 10.1. The number of ether oxygens (including phenoxy) is 1. The zero-order valence-electron chi connectivity index (χ0n) is 22.1. The maximum Gasteiger partial charge on any atom is 0.489 e. The molecule has 4 aromatic rings. The van der Waals surface area contributed by atoms with Crippen LogP contribution in [0.25, 0.3) is 16.9 Å². The number of carbonyl (C=O) groups excluding carboxylic acids is 1. The highest BCUT2D eigenvalue weighted by molar-refractivity contribution is 6.61. The highest BCUT2D eigenvalue weighted by atomic mass is 16.6. The van der Waals surface area contributed by atoms with Gasteiger partial charge in [0.15, 0.2) is 0 Å². The lowest BCUT2D eigenvalue weighted by Gasteiger charge is -2.31. The van der Waals surface area contributed by atoms with Gasteiger partial charge in [0, 0.05) is 29.7 Å². The highest BCUT2D eigenvalue weighted by Gasteiger charge is 2.32. The minimum absolute atomic E-state index is 0.381. The minimum atomic E-state index is -1.61. The molecule has 9 nitrogen and oxygen atoms in total. The van der Waals surface area contributed by atoms with E-state index in [1.807, 2.05) is 74.7 Å². The third kappa shape index (κ3) is 5.10. The normalized spacial score (nSPS) is 13.4. The third-order valence-electron chi connectivity index (χ3n) is 6.50. The zero-order chi connectivity index (χ0) is 27.0. The molecular formula is C28H32BN5O4. The summed E-state index contributed by atoms with van der Waals surface area (Å²) < 4.78 is 7.59. The summed E-state index contributed by atoms with van der Waals surface area (Å²) in [4.78, 5) is 24.7. The van der Waals surface area contributed by atoms with Gasteiger partial charge in [0.2, 0.25) is 5.95 Å². The van der Waals surface area contributed by atoms with Gasteiger partial charge >= 0.3 is 13.2 Å². The van der Waals surface area contributed by atoms with E-state index in [9.17, 15) is 14.8 Å². The molecule has 1 amide bonds. The largest absolute Gasteiger partial charge is 0.489 e. The lowest BCUT2D eigenvalue weighted by molar-refractivity contribution is 0.0576. The van der Waals surface area contributed by atoms with Crippen LogP contribution in [0.1, 0.15) is 44.0 Å². The van der Waals surface area contributed by atoms with Crippen LogP contribution in [0.15, 0.2) is 54.6 Å². The molecule has 0 radical (unpaired) electrons. The van der Waals surface area contributed by atoms with E-state index in [0.29, 0.717) is 41.5 Å². The van der Waals surface area contributed by atoms with Gasteiger partial charge in [-0.1, -0.05) is 42.5 Å². The van der Waals surface area contributed by atoms with Crippen molar-refractivity contribution in [2.24, 2.45) is 0 Å². The van der Waals surface area contributed by atoms with Gasteiger partial charge in [-0.25, -0.2) is 4.79 Å². The van der Waals surface area contributed by atoms with Crippen LogP contribution in [-0.2, 0) is 17.7 Å². The van der Waals surface area contributed by atoms with Crippen molar-refractivity contribution in [3.8, 4) is 5.95 Å². The number of amides is 1. The van der Waals surface area contributed by atoms with E-state index in [1.54, 1.807) is 17.0 Å². The average Bonchev–Trinajstić information content (AvgIpc) is 3.21. The van der Waals surface area contributed by atoms with Crippen molar-refractivity contribution in [2.75, 3.05) is 16.8 Å². The monoisotopic (exact) mass is 513 g/mol. The number of aromatic nitrogens is 3. The predicted molar refractivity (Wildman–Crippen MR) is 149 cm³/mol. The van der Waals surface area contributed by atoms with Crippen molar-refractivity contribution in [3.05, 3.63) is 71.4 Å². The van der Waals surface area contributed by atoms with Crippen molar-refractivity contribution in [1.82, 2.24) is 14.5 Å². The number of benzene rings is 2. The Kier molecular flexibility index (Phi) is 6.85. The molecule has 10 heteroatoms. The number of hydrogen-bond donors (Lipinski definition) is 3. The van der Waals surface area contributed by atoms with Gasteiger partial charge in [0.1, 0.15) is 17.2 Å². The molecule has 0 aliphatic carbocycles. The first-order valence-electron chi connectivity index (χ1n) is 12.8. The SMILES string of the molecule is Cc1cc2c(B(O)O)cccc2n1-c1nc(NCc2ccccc2)c2c(n1)N(C(=O)OC(C)(C)C)CCC2. The van der Waals surface area contributed by atoms with Gasteiger partial charge in [-0.2, -0.15) is 9.97 Å². The van der Waals surface area contributed by atoms with Crippen molar-refractivity contribution in [1.29, 1.82) is 0 Å². The van der Waals surface area contributed by atoms with E-state index in [0.717, 1.165) is 35.2 Å². The molecule has 0 spiro atoms. The van der Waals surface area contributed by atoms with Gasteiger partial charge in [-0.15, -0.1) is 0 Å². The second-order valence-corrected chi connectivity index (χ2v) is 10.5. The van der Waals surface area contributed by atoms with E-state index in [4.69, 9.17) is 14.7 Å². The highest BCUT2D eigenvalue weighted by Crippen LogP contribution is 2.34. The summed E-state index contributed by atoms with van der Waals surface area (Å²) in [5.41, 5.74) is 3.28. The maximum atomic E-state index is 13.2. The fraction of sp³-hybridized carbons (Fsp3) is 0.321. The Morgan fingerprint density at radius 1 is 1.11 bits per heavy atom. The van der Waals surface area contributed by atoms with Crippen LogP contribution >= 0.6 is 0 Å². The summed E-state index contributed by atoms with van der Waals surface area (Å²) in [7, 11) is -1.61. The van der Waals surface area contributed by atoms with E-state index >= 15 is 0 Å². The first-order chi connectivity index (χ1) is 18.1. The first kappa shape index (κ1) is 25.8. The fourth-order valence-corrected chi connectivity index (χ4v) is 4.83. The molecule has 0 bridgehead atoms. The van der Waals surface area contributed by atoms with Gasteiger partial charge < -0.3 is 20.1 Å². The Labute approximate surface area is 222 Å². The summed E-state index contributed by atoms with van der Waals surface area (Å²) in [5, 5.41) is 24.0. The lowest BCUT2D eigenvalue weighted by atomic mass is 9.78. The predicted octanol–water partition coefficient (Wildman–Crippen LogP) is 3.71. The molecule has 2 aromatic carbocycles. The third-order valence-corrected chi connectivity index (χ3v) is 6.50. The molecular weight excluding hydrogens is 481 g/mol. The molecule has 0 fully saturated rings.